The van der Waals surface area contributed by atoms with Crippen molar-refractivity contribution in [3.63, 3.8) is 0 Å². The molecule has 0 unspecified atom stereocenters. The van der Waals surface area contributed by atoms with Crippen molar-refractivity contribution in [2.45, 2.75) is 20.4 Å². The first-order chi connectivity index (χ1) is 7.99. The molecule has 0 saturated carbocycles. The lowest BCUT2D eigenvalue weighted by molar-refractivity contribution is -0.111. The molecule has 1 rings (SSSR count). The fourth-order valence-electron chi connectivity index (χ4n) is 1.29. The van der Waals surface area contributed by atoms with Crippen LogP contribution in [0.15, 0.2) is 36.0 Å². The topological polar surface area (TPSA) is 79.0 Å². The fourth-order valence-corrected chi connectivity index (χ4v) is 1.29. The standard InChI is InChI=1S/C13H17N3O/c1-9-3-5-11(6-4-9)8-16-10(2)7-12(14)13(15)17/h3-7,14,16H,8H2,1-2H3,(H2,15,17)/b10-7-,14-12?. The van der Waals surface area contributed by atoms with Gasteiger partial charge in [-0.05, 0) is 25.5 Å². The van der Waals surface area contributed by atoms with Crippen molar-refractivity contribution in [3.8, 4) is 0 Å². The third kappa shape index (κ3) is 4.51. The average Bonchev–Trinajstić information content (AvgIpc) is 2.28. The molecule has 0 bridgehead atoms. The van der Waals surface area contributed by atoms with Crippen LogP contribution in [0.2, 0.25) is 0 Å². The van der Waals surface area contributed by atoms with Crippen LogP contribution in [0.3, 0.4) is 0 Å². The molecule has 0 spiro atoms. The van der Waals surface area contributed by atoms with Gasteiger partial charge in [0.25, 0.3) is 5.91 Å². The van der Waals surface area contributed by atoms with Crippen LogP contribution in [0.25, 0.3) is 0 Å². The second-order valence-electron chi connectivity index (χ2n) is 3.94. The van der Waals surface area contributed by atoms with E-state index in [1.807, 2.05) is 31.2 Å². The first-order valence-electron chi connectivity index (χ1n) is 5.35. The first kappa shape index (κ1) is 13.0. The lowest BCUT2D eigenvalue weighted by Gasteiger charge is -2.07. The van der Waals surface area contributed by atoms with E-state index in [1.54, 1.807) is 6.92 Å². The van der Waals surface area contributed by atoms with E-state index in [2.05, 4.69) is 5.32 Å². The highest BCUT2D eigenvalue weighted by Crippen LogP contribution is 2.03. The summed E-state index contributed by atoms with van der Waals surface area (Å²) in [6.45, 7) is 4.50. The number of nitrogens with two attached hydrogens (primary N) is 1. The zero-order chi connectivity index (χ0) is 12.8. The van der Waals surface area contributed by atoms with Crippen molar-refractivity contribution in [1.82, 2.24) is 5.32 Å². The molecule has 4 nitrogen and oxygen atoms in total. The Bertz CT molecular complexity index is 446. The highest BCUT2D eigenvalue weighted by atomic mass is 16.1. The molecule has 0 heterocycles. The first-order valence-corrected chi connectivity index (χ1v) is 5.35. The number of carbonyl (C=O) groups is 1. The van der Waals surface area contributed by atoms with E-state index in [1.165, 1.54) is 11.6 Å². The molecule has 0 aliphatic carbocycles. The third-order valence-corrected chi connectivity index (χ3v) is 2.32. The number of aryl methyl sites for hydroxylation is 1. The number of carbonyl (C=O) groups excluding carboxylic acids is 1. The minimum Gasteiger partial charge on any atom is -0.384 e. The second-order valence-corrected chi connectivity index (χ2v) is 3.94. The Morgan fingerprint density at radius 1 is 1.41 bits per heavy atom. The van der Waals surface area contributed by atoms with Gasteiger partial charge in [-0.15, -0.1) is 0 Å². The summed E-state index contributed by atoms with van der Waals surface area (Å²) in [6, 6.07) is 8.16. The minimum atomic E-state index is -0.721. The summed E-state index contributed by atoms with van der Waals surface area (Å²) in [6.07, 6.45) is 1.43. The molecular formula is C13H17N3O. The zero-order valence-corrected chi connectivity index (χ0v) is 10.1. The molecule has 0 saturated heterocycles. The molecule has 90 valence electrons. The lowest BCUT2D eigenvalue weighted by Crippen LogP contribution is -2.22. The van der Waals surface area contributed by atoms with E-state index in [-0.39, 0.29) is 5.71 Å². The summed E-state index contributed by atoms with van der Waals surface area (Å²) < 4.78 is 0. The van der Waals surface area contributed by atoms with Crippen LogP contribution < -0.4 is 11.1 Å². The summed E-state index contributed by atoms with van der Waals surface area (Å²) in [4.78, 5) is 10.7. The highest BCUT2D eigenvalue weighted by molar-refractivity contribution is 6.41. The maximum atomic E-state index is 10.7. The Kier molecular flexibility index (Phi) is 4.46. The summed E-state index contributed by atoms with van der Waals surface area (Å²) >= 11 is 0. The van der Waals surface area contributed by atoms with Crippen molar-refractivity contribution in [1.29, 1.82) is 5.41 Å². The minimum absolute atomic E-state index is 0.195. The van der Waals surface area contributed by atoms with Crippen molar-refractivity contribution in [3.05, 3.63) is 47.2 Å². The summed E-state index contributed by atoms with van der Waals surface area (Å²) in [5, 5.41) is 10.4. The van der Waals surface area contributed by atoms with Gasteiger partial charge in [0.2, 0.25) is 0 Å². The van der Waals surface area contributed by atoms with Crippen molar-refractivity contribution < 1.29 is 4.79 Å². The number of benzene rings is 1. The van der Waals surface area contributed by atoms with Gasteiger partial charge in [-0.25, -0.2) is 0 Å². The SMILES string of the molecule is C/C(=C/C(=N)C(N)=O)NCc1ccc(C)cc1. The van der Waals surface area contributed by atoms with Crippen molar-refractivity contribution in [2.75, 3.05) is 0 Å². The number of hydrogen-bond acceptors (Lipinski definition) is 3. The normalized spacial score (nSPS) is 11.1. The van der Waals surface area contributed by atoms with Crippen LogP contribution in [0.1, 0.15) is 18.1 Å². The molecule has 17 heavy (non-hydrogen) atoms. The molecule has 1 aromatic carbocycles. The molecule has 4 heteroatoms. The van der Waals surface area contributed by atoms with Gasteiger partial charge in [0.05, 0.1) is 0 Å². The van der Waals surface area contributed by atoms with Crippen LogP contribution in [0.4, 0.5) is 0 Å². The smallest absolute Gasteiger partial charge is 0.266 e. The third-order valence-electron chi connectivity index (χ3n) is 2.32. The van der Waals surface area contributed by atoms with Gasteiger partial charge < -0.3 is 11.1 Å². The Morgan fingerprint density at radius 3 is 2.53 bits per heavy atom. The largest absolute Gasteiger partial charge is 0.384 e. The van der Waals surface area contributed by atoms with E-state index in [4.69, 9.17) is 11.1 Å². The zero-order valence-electron chi connectivity index (χ0n) is 10.1. The molecule has 1 amide bonds. The van der Waals surface area contributed by atoms with Gasteiger partial charge >= 0.3 is 0 Å². The Balaban J connectivity index is 2.53. The Labute approximate surface area is 101 Å². The molecule has 1 aromatic rings. The Hall–Kier alpha value is -2.10. The van der Waals surface area contributed by atoms with Gasteiger partial charge in [-0.3, -0.25) is 10.2 Å². The fraction of sp³-hybridized carbons (Fsp3) is 0.231. The van der Waals surface area contributed by atoms with E-state index in [0.29, 0.717) is 6.54 Å². The summed E-state index contributed by atoms with van der Waals surface area (Å²) in [7, 11) is 0. The quantitative estimate of drug-likeness (QED) is 0.671. The van der Waals surface area contributed by atoms with Gasteiger partial charge in [-0.2, -0.15) is 0 Å². The second kappa shape index (κ2) is 5.84. The van der Waals surface area contributed by atoms with Gasteiger partial charge in [0, 0.05) is 12.2 Å². The maximum absolute atomic E-state index is 10.7. The van der Waals surface area contributed by atoms with Crippen LogP contribution in [-0.4, -0.2) is 11.6 Å². The average molecular weight is 231 g/mol. The molecule has 4 N–H and O–H groups in total. The molecule has 0 aliphatic heterocycles. The van der Waals surface area contributed by atoms with E-state index >= 15 is 0 Å². The van der Waals surface area contributed by atoms with Crippen molar-refractivity contribution in [2.24, 2.45) is 5.73 Å². The highest BCUT2D eigenvalue weighted by Gasteiger charge is 2.00. The van der Waals surface area contributed by atoms with Gasteiger partial charge in [0.15, 0.2) is 0 Å². The maximum Gasteiger partial charge on any atom is 0.266 e. The van der Waals surface area contributed by atoms with Crippen molar-refractivity contribution >= 4 is 11.6 Å². The van der Waals surface area contributed by atoms with Crippen LogP contribution in [0.5, 0.6) is 0 Å². The van der Waals surface area contributed by atoms with Crippen LogP contribution in [-0.2, 0) is 11.3 Å². The molecule has 0 aromatic heterocycles. The van der Waals surface area contributed by atoms with E-state index in [9.17, 15) is 4.79 Å². The number of rotatable bonds is 5. The molecule has 0 aliphatic rings. The van der Waals surface area contributed by atoms with E-state index in [0.717, 1.165) is 11.3 Å². The van der Waals surface area contributed by atoms with Gasteiger partial charge in [-0.1, -0.05) is 29.8 Å². The lowest BCUT2D eigenvalue weighted by atomic mass is 10.1. The number of amides is 1. The number of hydrogen-bond donors (Lipinski definition) is 3. The predicted octanol–water partition coefficient (Wildman–Crippen LogP) is 1.49. The molecule has 0 fully saturated rings. The predicted molar refractivity (Wildman–Crippen MR) is 68.7 cm³/mol. The summed E-state index contributed by atoms with van der Waals surface area (Å²) in [5.41, 5.74) is 7.89. The number of primary amides is 1. The van der Waals surface area contributed by atoms with Crippen LogP contribution >= 0.6 is 0 Å². The van der Waals surface area contributed by atoms with Crippen LogP contribution in [0, 0.1) is 12.3 Å². The summed E-state index contributed by atoms with van der Waals surface area (Å²) in [5.74, 6) is -0.721. The molecular weight excluding hydrogens is 214 g/mol. The van der Waals surface area contributed by atoms with Gasteiger partial charge in [0.1, 0.15) is 5.71 Å². The molecule has 0 atom stereocenters. The number of nitrogens with one attached hydrogen (secondary N) is 2. The number of allylic oxidation sites excluding steroid dienone is 1. The Morgan fingerprint density at radius 2 is 2.00 bits per heavy atom. The van der Waals surface area contributed by atoms with E-state index < -0.39 is 5.91 Å². The molecule has 0 radical (unpaired) electrons. The monoisotopic (exact) mass is 231 g/mol.